The van der Waals surface area contributed by atoms with Crippen LogP contribution >= 0.6 is 0 Å². The van der Waals surface area contributed by atoms with Gasteiger partial charge in [-0.15, -0.1) is 13.2 Å². The first kappa shape index (κ1) is 15.8. The molecule has 19 heavy (non-hydrogen) atoms. The van der Waals surface area contributed by atoms with Gasteiger partial charge in [0.2, 0.25) is 0 Å². The zero-order valence-electron chi connectivity index (χ0n) is 11.4. The highest BCUT2D eigenvalue weighted by Gasteiger charge is 2.32. The molecule has 0 fully saturated rings. The van der Waals surface area contributed by atoms with E-state index in [9.17, 15) is 13.2 Å². The number of ether oxygens (including phenoxy) is 1. The van der Waals surface area contributed by atoms with Crippen LogP contribution < -0.4 is 10.1 Å². The van der Waals surface area contributed by atoms with Gasteiger partial charge in [0.1, 0.15) is 5.75 Å². The first-order valence-electron chi connectivity index (χ1n) is 6.41. The Hall–Kier alpha value is -1.23. The highest BCUT2D eigenvalue weighted by molar-refractivity contribution is 5.36. The fourth-order valence-electron chi connectivity index (χ4n) is 2.02. The van der Waals surface area contributed by atoms with Crippen LogP contribution in [-0.4, -0.2) is 12.9 Å². The molecule has 1 N–H and O–H groups in total. The summed E-state index contributed by atoms with van der Waals surface area (Å²) in [6.07, 6.45) is -3.91. The number of hydrogen-bond donors (Lipinski definition) is 1. The molecule has 108 valence electrons. The molecule has 1 aromatic carbocycles. The van der Waals surface area contributed by atoms with Crippen molar-refractivity contribution < 1.29 is 17.9 Å². The fraction of sp³-hybridized carbons (Fsp3) is 0.571. The maximum Gasteiger partial charge on any atom is 0.573 e. The van der Waals surface area contributed by atoms with E-state index >= 15 is 0 Å². The SMILES string of the molecule is CCNC(CC(C)C)c1ccccc1OC(F)(F)F. The molecule has 0 saturated carbocycles. The lowest BCUT2D eigenvalue weighted by Crippen LogP contribution is -2.25. The van der Waals surface area contributed by atoms with E-state index in [0.717, 1.165) is 6.42 Å². The summed E-state index contributed by atoms with van der Waals surface area (Å²) in [4.78, 5) is 0. The van der Waals surface area contributed by atoms with Crippen LogP contribution in [0, 0.1) is 5.92 Å². The molecule has 0 amide bonds. The molecular formula is C14H20F3NO. The molecule has 1 atom stereocenters. The molecule has 0 radical (unpaired) electrons. The number of benzene rings is 1. The van der Waals surface area contributed by atoms with Crippen LogP contribution in [0.1, 0.15) is 38.8 Å². The van der Waals surface area contributed by atoms with Crippen molar-refractivity contribution in [1.82, 2.24) is 5.32 Å². The summed E-state index contributed by atoms with van der Waals surface area (Å²) in [6, 6.07) is 6.17. The number of para-hydroxylation sites is 1. The minimum Gasteiger partial charge on any atom is -0.405 e. The summed E-state index contributed by atoms with van der Waals surface area (Å²) in [5, 5.41) is 3.21. The number of alkyl halides is 3. The number of halogens is 3. The number of rotatable bonds is 6. The predicted octanol–water partition coefficient (Wildman–Crippen LogP) is 4.28. The van der Waals surface area contributed by atoms with Crippen molar-refractivity contribution in [2.75, 3.05) is 6.54 Å². The third-order valence-corrected chi connectivity index (χ3v) is 2.68. The van der Waals surface area contributed by atoms with Gasteiger partial charge < -0.3 is 10.1 Å². The third-order valence-electron chi connectivity index (χ3n) is 2.68. The zero-order valence-corrected chi connectivity index (χ0v) is 11.4. The van der Waals surface area contributed by atoms with E-state index in [-0.39, 0.29) is 11.8 Å². The van der Waals surface area contributed by atoms with Gasteiger partial charge in [0.15, 0.2) is 0 Å². The van der Waals surface area contributed by atoms with Crippen LogP contribution in [0.15, 0.2) is 24.3 Å². The van der Waals surface area contributed by atoms with Crippen molar-refractivity contribution in [2.45, 2.75) is 39.6 Å². The Labute approximate surface area is 112 Å². The second kappa shape index (κ2) is 6.80. The minimum absolute atomic E-state index is 0.124. The maximum atomic E-state index is 12.4. The van der Waals surface area contributed by atoms with E-state index in [2.05, 4.69) is 10.1 Å². The largest absolute Gasteiger partial charge is 0.573 e. The summed E-state index contributed by atoms with van der Waals surface area (Å²) in [5.74, 6) is 0.254. The van der Waals surface area contributed by atoms with Crippen molar-refractivity contribution in [2.24, 2.45) is 5.92 Å². The first-order chi connectivity index (χ1) is 8.83. The zero-order chi connectivity index (χ0) is 14.5. The molecule has 0 aliphatic carbocycles. The third kappa shape index (κ3) is 5.51. The lowest BCUT2D eigenvalue weighted by molar-refractivity contribution is -0.275. The summed E-state index contributed by atoms with van der Waals surface area (Å²) in [6.45, 7) is 6.70. The van der Waals surface area contributed by atoms with Gasteiger partial charge in [0.05, 0.1) is 0 Å². The van der Waals surface area contributed by atoms with E-state index in [0.29, 0.717) is 18.0 Å². The molecule has 1 rings (SSSR count). The summed E-state index contributed by atoms with van der Waals surface area (Å²) in [7, 11) is 0. The van der Waals surface area contributed by atoms with Gasteiger partial charge in [-0.3, -0.25) is 0 Å². The van der Waals surface area contributed by atoms with E-state index in [1.165, 1.54) is 6.07 Å². The molecule has 0 aliphatic heterocycles. The van der Waals surface area contributed by atoms with Crippen molar-refractivity contribution in [3.05, 3.63) is 29.8 Å². The molecule has 1 unspecified atom stereocenters. The highest BCUT2D eigenvalue weighted by atomic mass is 19.4. The van der Waals surface area contributed by atoms with E-state index in [1.54, 1.807) is 18.2 Å². The Bertz CT molecular complexity index is 391. The average molecular weight is 275 g/mol. The molecule has 5 heteroatoms. The van der Waals surface area contributed by atoms with Gasteiger partial charge >= 0.3 is 6.36 Å². The first-order valence-corrected chi connectivity index (χ1v) is 6.41. The Morgan fingerprint density at radius 1 is 1.21 bits per heavy atom. The molecule has 2 nitrogen and oxygen atoms in total. The van der Waals surface area contributed by atoms with Crippen LogP contribution in [0.3, 0.4) is 0 Å². The predicted molar refractivity (Wildman–Crippen MR) is 69.0 cm³/mol. The number of nitrogens with one attached hydrogen (secondary N) is 1. The van der Waals surface area contributed by atoms with Gasteiger partial charge in [0, 0.05) is 11.6 Å². The van der Waals surface area contributed by atoms with Crippen LogP contribution in [0.2, 0.25) is 0 Å². The number of hydrogen-bond acceptors (Lipinski definition) is 2. The van der Waals surface area contributed by atoms with Gasteiger partial charge in [0.25, 0.3) is 0 Å². The molecule has 0 spiro atoms. The normalized spacial score (nSPS) is 13.6. The average Bonchev–Trinajstić information content (AvgIpc) is 2.26. The van der Waals surface area contributed by atoms with Gasteiger partial charge in [-0.25, -0.2) is 0 Å². The second-order valence-electron chi connectivity index (χ2n) is 4.83. The molecular weight excluding hydrogens is 255 g/mol. The van der Waals surface area contributed by atoms with Gasteiger partial charge in [-0.2, -0.15) is 0 Å². The van der Waals surface area contributed by atoms with Crippen molar-refractivity contribution in [1.29, 1.82) is 0 Å². The summed E-state index contributed by atoms with van der Waals surface area (Å²) < 4.78 is 41.3. The molecule has 0 aliphatic rings. The lowest BCUT2D eigenvalue weighted by Gasteiger charge is -2.23. The van der Waals surface area contributed by atoms with Gasteiger partial charge in [-0.1, -0.05) is 39.0 Å². The van der Waals surface area contributed by atoms with Crippen LogP contribution in [-0.2, 0) is 0 Å². The Balaban J connectivity index is 3.01. The van der Waals surface area contributed by atoms with E-state index < -0.39 is 6.36 Å². The lowest BCUT2D eigenvalue weighted by atomic mass is 9.96. The van der Waals surface area contributed by atoms with Crippen LogP contribution in [0.5, 0.6) is 5.75 Å². The minimum atomic E-state index is -4.66. The van der Waals surface area contributed by atoms with Crippen LogP contribution in [0.4, 0.5) is 13.2 Å². The van der Waals surface area contributed by atoms with Crippen LogP contribution in [0.25, 0.3) is 0 Å². The highest BCUT2D eigenvalue weighted by Crippen LogP contribution is 2.32. The Kier molecular flexibility index (Phi) is 5.66. The fourth-order valence-corrected chi connectivity index (χ4v) is 2.02. The summed E-state index contributed by atoms with van der Waals surface area (Å²) in [5.41, 5.74) is 0.551. The molecule has 0 bridgehead atoms. The summed E-state index contributed by atoms with van der Waals surface area (Å²) >= 11 is 0. The van der Waals surface area contributed by atoms with E-state index in [4.69, 9.17) is 0 Å². The quantitative estimate of drug-likeness (QED) is 0.836. The Morgan fingerprint density at radius 2 is 1.84 bits per heavy atom. The topological polar surface area (TPSA) is 21.3 Å². The monoisotopic (exact) mass is 275 g/mol. The molecule has 0 aromatic heterocycles. The van der Waals surface area contributed by atoms with Crippen molar-refractivity contribution in [3.63, 3.8) is 0 Å². The second-order valence-corrected chi connectivity index (χ2v) is 4.83. The molecule has 0 saturated heterocycles. The van der Waals surface area contributed by atoms with Gasteiger partial charge in [-0.05, 0) is 24.9 Å². The van der Waals surface area contributed by atoms with Crippen molar-refractivity contribution in [3.8, 4) is 5.75 Å². The molecule has 0 heterocycles. The van der Waals surface area contributed by atoms with E-state index in [1.807, 2.05) is 20.8 Å². The Morgan fingerprint density at radius 3 is 2.37 bits per heavy atom. The molecule has 1 aromatic rings. The maximum absolute atomic E-state index is 12.4. The standard InChI is InChI=1S/C14H20F3NO/c1-4-18-12(9-10(2)3)11-7-5-6-8-13(11)19-14(15,16)17/h5-8,10,12,18H,4,9H2,1-3H3. The van der Waals surface area contributed by atoms with Crippen molar-refractivity contribution >= 4 is 0 Å². The smallest absolute Gasteiger partial charge is 0.405 e.